The molecule has 1 amide bonds. The van der Waals surface area contributed by atoms with Crippen LogP contribution >= 0.6 is 0 Å². The second-order valence-electron chi connectivity index (χ2n) is 12.4. The molecule has 9 nitrogen and oxygen atoms in total. The number of rotatable bonds is 7. The number of benzene rings is 2. The van der Waals surface area contributed by atoms with Gasteiger partial charge in [0, 0.05) is 61.6 Å². The fourth-order valence-corrected chi connectivity index (χ4v) is 7.17. The van der Waals surface area contributed by atoms with Gasteiger partial charge in [0.2, 0.25) is 0 Å². The topological polar surface area (TPSA) is 95.4 Å². The predicted octanol–water partition coefficient (Wildman–Crippen LogP) is 4.25. The van der Waals surface area contributed by atoms with E-state index in [1.165, 1.54) is 0 Å². The van der Waals surface area contributed by atoms with E-state index in [1.54, 1.807) is 14.2 Å². The Balaban J connectivity index is 1.59. The first-order valence-corrected chi connectivity index (χ1v) is 16.3. The van der Waals surface area contributed by atoms with Gasteiger partial charge < -0.3 is 24.4 Å². The van der Waals surface area contributed by atoms with E-state index in [0.717, 1.165) is 40.9 Å². The first-order valence-electron chi connectivity index (χ1n) is 15.2. The lowest BCUT2D eigenvalue weighted by Crippen LogP contribution is -2.47. The summed E-state index contributed by atoms with van der Waals surface area (Å²) in [5.41, 5.74) is 5.22. The van der Waals surface area contributed by atoms with Gasteiger partial charge in [-0.1, -0.05) is 24.0 Å². The molecule has 3 heterocycles. The molecule has 0 spiro atoms. The number of aromatic nitrogens is 1. The fraction of sp³-hybridized carbons (Fsp3) is 0.429. The first kappa shape index (κ1) is 32.6. The number of nitrogens with zero attached hydrogens (tertiary/aromatic N) is 4. The van der Waals surface area contributed by atoms with Gasteiger partial charge in [-0.2, -0.15) is 0 Å². The summed E-state index contributed by atoms with van der Waals surface area (Å²) in [6.45, 7) is 9.07. The smallest absolute Gasteiger partial charge is 0.272 e. The quantitative estimate of drug-likeness (QED) is 0.390. The predicted molar refractivity (Wildman–Crippen MR) is 176 cm³/mol. The molecule has 2 aliphatic heterocycles. The number of carbonyl (C=O) groups excluding carboxylic acids is 1. The Labute approximate surface area is 268 Å². The van der Waals surface area contributed by atoms with Crippen molar-refractivity contribution in [1.29, 1.82) is 0 Å². The van der Waals surface area contributed by atoms with Gasteiger partial charge in [0.05, 0.1) is 30.7 Å². The number of ether oxygens (including phenoxy) is 2. The van der Waals surface area contributed by atoms with E-state index in [0.29, 0.717) is 48.9 Å². The monoisotopic (exact) mass is 630 g/mol. The van der Waals surface area contributed by atoms with Crippen LogP contribution < -0.4 is 9.47 Å². The molecule has 0 unspecified atom stereocenters. The number of methoxy groups -OCH3 is 2. The minimum atomic E-state index is -1.34. The van der Waals surface area contributed by atoms with E-state index >= 15 is 0 Å². The molecular formula is C35H42N4O5S. The minimum Gasteiger partial charge on any atom is -0.493 e. The molecule has 1 N–H and O–H groups in total. The molecule has 0 radical (unpaired) electrons. The van der Waals surface area contributed by atoms with E-state index in [2.05, 4.69) is 23.8 Å². The molecule has 45 heavy (non-hydrogen) atoms. The van der Waals surface area contributed by atoms with Crippen LogP contribution in [-0.2, 0) is 17.5 Å². The van der Waals surface area contributed by atoms with Gasteiger partial charge in [-0.3, -0.25) is 4.79 Å². The molecule has 0 aliphatic carbocycles. The van der Waals surface area contributed by atoms with Crippen molar-refractivity contribution < 1.29 is 23.6 Å². The number of piperazine rings is 1. The van der Waals surface area contributed by atoms with Crippen LogP contribution in [0.15, 0.2) is 48.5 Å². The number of likely N-dealkylation sites (N-methyl/N-ethyl adjacent to an activating group) is 1. The molecule has 2 atom stereocenters. The third-order valence-corrected chi connectivity index (χ3v) is 10.0. The van der Waals surface area contributed by atoms with Crippen molar-refractivity contribution in [2.45, 2.75) is 44.5 Å². The molecule has 10 heteroatoms. The van der Waals surface area contributed by atoms with Crippen LogP contribution in [0.2, 0.25) is 0 Å². The van der Waals surface area contributed by atoms with Crippen molar-refractivity contribution in [1.82, 2.24) is 19.1 Å². The maximum Gasteiger partial charge on any atom is 0.272 e. The van der Waals surface area contributed by atoms with Crippen molar-refractivity contribution in [2.75, 3.05) is 54.1 Å². The molecular weight excluding hydrogens is 588 g/mol. The number of carbonyl (C=O) groups is 1. The third-order valence-electron chi connectivity index (χ3n) is 8.17. The number of hydrogen-bond donors (Lipinski definition) is 1. The lowest BCUT2D eigenvalue weighted by Gasteiger charge is -2.32. The Morgan fingerprint density at radius 2 is 1.69 bits per heavy atom. The highest BCUT2D eigenvalue weighted by atomic mass is 32.2. The SMILES string of the molecule is COc1ccc(C#Cc2cccc(-c3nc(C(=O)N4CCN(C)CC4)cc4c3[C@H](CCO)N([S@@](=O)C(C)(C)C)C4)c2)cc1OC. The maximum atomic E-state index is 13.8. The van der Waals surface area contributed by atoms with Crippen molar-refractivity contribution >= 4 is 16.9 Å². The van der Waals surface area contributed by atoms with E-state index in [-0.39, 0.29) is 18.6 Å². The first-order chi connectivity index (χ1) is 21.5. The highest BCUT2D eigenvalue weighted by Crippen LogP contribution is 2.44. The van der Waals surface area contributed by atoms with Crippen molar-refractivity contribution in [3.8, 4) is 34.6 Å². The van der Waals surface area contributed by atoms with Crippen LogP contribution in [0.5, 0.6) is 11.5 Å². The van der Waals surface area contributed by atoms with E-state index in [1.807, 2.05) is 78.5 Å². The van der Waals surface area contributed by atoms with Gasteiger partial charge in [0.1, 0.15) is 16.7 Å². The molecule has 238 valence electrons. The zero-order chi connectivity index (χ0) is 32.3. The number of aliphatic hydroxyl groups excluding tert-OH is 1. The third kappa shape index (κ3) is 7.07. The zero-order valence-corrected chi connectivity index (χ0v) is 27.7. The number of pyridine rings is 1. The summed E-state index contributed by atoms with van der Waals surface area (Å²) < 4.78 is 26.0. The maximum absolute atomic E-state index is 13.8. The van der Waals surface area contributed by atoms with E-state index in [9.17, 15) is 14.1 Å². The molecule has 3 aromatic rings. The Hall–Kier alpha value is -3.75. The molecule has 1 saturated heterocycles. The van der Waals surface area contributed by atoms with Crippen LogP contribution in [0, 0.1) is 11.8 Å². The van der Waals surface area contributed by atoms with Crippen LogP contribution in [0.4, 0.5) is 0 Å². The lowest BCUT2D eigenvalue weighted by atomic mass is 9.95. The summed E-state index contributed by atoms with van der Waals surface area (Å²) in [4.78, 5) is 22.9. The van der Waals surface area contributed by atoms with E-state index < -0.39 is 15.7 Å². The summed E-state index contributed by atoms with van der Waals surface area (Å²) in [7, 11) is 3.90. The summed E-state index contributed by atoms with van der Waals surface area (Å²) in [5, 5.41) is 10.1. The number of aliphatic hydroxyl groups is 1. The Morgan fingerprint density at radius 1 is 1.00 bits per heavy atom. The average Bonchev–Trinajstić information content (AvgIpc) is 3.40. The number of fused-ring (bicyclic) bond motifs is 1. The van der Waals surface area contributed by atoms with Crippen LogP contribution in [-0.4, -0.2) is 93.1 Å². The number of hydrogen-bond acceptors (Lipinski definition) is 7. The molecule has 2 aliphatic rings. The Kier molecular flexibility index (Phi) is 9.94. The molecule has 1 aromatic heterocycles. The molecule has 5 rings (SSSR count). The Morgan fingerprint density at radius 3 is 2.33 bits per heavy atom. The molecule has 0 bridgehead atoms. The van der Waals surface area contributed by atoms with E-state index in [4.69, 9.17) is 14.5 Å². The largest absolute Gasteiger partial charge is 0.493 e. The fourth-order valence-electron chi connectivity index (χ4n) is 5.77. The standard InChI is InChI=1S/C35H42N4O5S/c1-35(2,3)45(42)39-23-27-22-28(34(41)38-17-15-37(4)16-18-38)36-33(32(27)29(39)14-19-40)26-9-7-8-24(20-26)10-11-25-12-13-30(43-5)31(21-25)44-6/h7-9,12-13,20-22,29,40H,14-19,23H2,1-6H3/t29-,45-/m0/s1. The van der Waals surface area contributed by atoms with Gasteiger partial charge in [-0.25, -0.2) is 13.5 Å². The van der Waals surface area contributed by atoms with Gasteiger partial charge in [-0.05, 0) is 76.2 Å². The van der Waals surface area contributed by atoms with Crippen molar-refractivity contribution in [2.24, 2.45) is 0 Å². The van der Waals surface area contributed by atoms with Crippen molar-refractivity contribution in [3.63, 3.8) is 0 Å². The molecule has 2 aromatic carbocycles. The highest BCUT2D eigenvalue weighted by molar-refractivity contribution is 7.84. The summed E-state index contributed by atoms with van der Waals surface area (Å²) >= 11 is 0. The second-order valence-corrected chi connectivity index (χ2v) is 14.6. The van der Waals surface area contributed by atoms with Crippen LogP contribution in [0.25, 0.3) is 11.3 Å². The lowest BCUT2D eigenvalue weighted by molar-refractivity contribution is 0.0658. The van der Waals surface area contributed by atoms with Crippen LogP contribution in [0.3, 0.4) is 0 Å². The van der Waals surface area contributed by atoms with Gasteiger partial charge in [0.25, 0.3) is 5.91 Å². The van der Waals surface area contributed by atoms with Gasteiger partial charge in [-0.15, -0.1) is 0 Å². The average molecular weight is 631 g/mol. The molecule has 0 saturated carbocycles. The highest BCUT2D eigenvalue weighted by Gasteiger charge is 2.40. The summed E-state index contributed by atoms with van der Waals surface area (Å²) in [6, 6.07) is 14.9. The summed E-state index contributed by atoms with van der Waals surface area (Å²) in [6.07, 6.45) is 0.397. The Bertz CT molecular complexity index is 1650. The summed E-state index contributed by atoms with van der Waals surface area (Å²) in [5.74, 6) is 7.59. The van der Waals surface area contributed by atoms with Gasteiger partial charge >= 0.3 is 0 Å². The molecule has 1 fully saturated rings. The zero-order valence-electron chi connectivity index (χ0n) is 26.9. The van der Waals surface area contributed by atoms with Crippen molar-refractivity contribution in [3.05, 3.63) is 76.5 Å². The second kappa shape index (κ2) is 13.7. The normalized spacial score (nSPS) is 17.8. The van der Waals surface area contributed by atoms with Crippen LogP contribution in [0.1, 0.15) is 66.0 Å². The minimum absolute atomic E-state index is 0.0692. The number of amides is 1. The van der Waals surface area contributed by atoms with Gasteiger partial charge in [0.15, 0.2) is 11.5 Å².